The van der Waals surface area contributed by atoms with Crippen molar-refractivity contribution >= 4 is 69.9 Å². The quantitative estimate of drug-likeness (QED) is 0.0626. The third kappa shape index (κ3) is 8.34. The predicted molar refractivity (Wildman–Crippen MR) is 281 cm³/mol. The Balaban J connectivity index is 1.24. The summed E-state index contributed by atoms with van der Waals surface area (Å²) in [6.45, 7) is 14.6. The molecule has 0 bridgehead atoms. The summed E-state index contributed by atoms with van der Waals surface area (Å²) in [7, 11) is -6.50. The van der Waals surface area contributed by atoms with Crippen LogP contribution in [-0.4, -0.2) is 61.9 Å². The van der Waals surface area contributed by atoms with Gasteiger partial charge in [-0.2, -0.15) is 13.0 Å². The van der Waals surface area contributed by atoms with Gasteiger partial charge in [0, 0.05) is 65.7 Å². The van der Waals surface area contributed by atoms with E-state index in [2.05, 4.69) is 147 Å². The standard InChI is InChI=1S/C58H61N3O5S2/c1-8-9-16-37-60-50-33-27-41-19-10-12-21-44(41)54(50)57(3,4)52(60)35-31-48-46-23-14-15-24-47(46)49(56(48)59(7)68(65,66)43-29-25-40(2)26-30-43)32-36-53-58(5,6)55-45-22-13-11-20-42(45)28-34-51(55)61(53)38-17-18-39-67(62,63)64/h10-15,19-36H,8-9,16-18,37-39H2,1-7H3/p+1. The number of allylic oxidation sites excluding steroid dienone is 7. The summed E-state index contributed by atoms with van der Waals surface area (Å²) in [6.07, 6.45) is 12.7. The van der Waals surface area contributed by atoms with Gasteiger partial charge in [-0.1, -0.05) is 130 Å². The predicted octanol–water partition coefficient (Wildman–Crippen LogP) is 12.9. The number of aryl methyl sites for hydroxylation is 1. The van der Waals surface area contributed by atoms with E-state index in [4.69, 9.17) is 0 Å². The molecule has 6 aromatic carbocycles. The normalized spacial score (nSPS) is 17.6. The number of nitrogens with zero attached hydrogens (tertiary/aromatic N) is 3. The topological polar surface area (TPSA) is 98.0 Å². The molecule has 2 aliphatic heterocycles. The molecule has 0 saturated carbocycles. The zero-order chi connectivity index (χ0) is 48.2. The highest BCUT2D eigenvalue weighted by atomic mass is 32.2. The third-order valence-corrected chi connectivity index (χ3v) is 16.9. The lowest BCUT2D eigenvalue weighted by molar-refractivity contribution is -0.438. The van der Waals surface area contributed by atoms with Gasteiger partial charge in [-0.3, -0.25) is 8.86 Å². The Bertz CT molecular complexity index is 3380. The van der Waals surface area contributed by atoms with Gasteiger partial charge < -0.3 is 4.90 Å². The van der Waals surface area contributed by atoms with Crippen molar-refractivity contribution in [3.8, 4) is 0 Å². The number of anilines is 1. The lowest BCUT2D eigenvalue weighted by Crippen LogP contribution is -2.28. The summed E-state index contributed by atoms with van der Waals surface area (Å²) >= 11 is 0. The second kappa shape index (κ2) is 18.1. The van der Waals surface area contributed by atoms with Crippen LogP contribution in [0, 0.1) is 6.92 Å². The van der Waals surface area contributed by atoms with Crippen LogP contribution in [0.25, 0.3) is 32.7 Å². The van der Waals surface area contributed by atoms with Gasteiger partial charge in [0.05, 0.1) is 21.8 Å². The number of fused-ring (bicyclic) bond motifs is 7. The fourth-order valence-electron chi connectivity index (χ4n) is 11.0. The van der Waals surface area contributed by atoms with Crippen LogP contribution >= 0.6 is 0 Å². The zero-order valence-corrected chi connectivity index (χ0v) is 41.9. The smallest absolute Gasteiger partial charge is 0.264 e. The Kier molecular flexibility index (Phi) is 12.5. The number of hydrogen-bond donors (Lipinski definition) is 1. The van der Waals surface area contributed by atoms with Gasteiger partial charge in [-0.15, -0.1) is 0 Å². The monoisotopic (exact) mass is 944 g/mol. The van der Waals surface area contributed by atoms with E-state index in [-0.39, 0.29) is 16.1 Å². The van der Waals surface area contributed by atoms with E-state index < -0.39 is 25.6 Å². The molecular weight excluding hydrogens is 883 g/mol. The van der Waals surface area contributed by atoms with Gasteiger partial charge in [-0.05, 0) is 115 Å². The molecule has 0 spiro atoms. The van der Waals surface area contributed by atoms with Crippen LogP contribution in [-0.2, 0) is 31.0 Å². The molecule has 6 aromatic rings. The second-order valence-electron chi connectivity index (χ2n) is 19.6. The first-order valence-electron chi connectivity index (χ1n) is 23.9. The fraction of sp³-hybridized carbons (Fsp3) is 0.293. The lowest BCUT2D eigenvalue weighted by Gasteiger charge is -2.27. The van der Waals surface area contributed by atoms with Crippen molar-refractivity contribution in [2.75, 3.05) is 30.8 Å². The minimum atomic E-state index is -4.11. The van der Waals surface area contributed by atoms with Crippen molar-refractivity contribution in [1.82, 2.24) is 4.31 Å². The molecule has 0 fully saturated rings. The molecule has 350 valence electrons. The maximum atomic E-state index is 15.0. The Morgan fingerprint density at radius 3 is 1.99 bits per heavy atom. The average Bonchev–Trinajstić information content (AvgIpc) is 3.83. The van der Waals surface area contributed by atoms with E-state index in [9.17, 15) is 21.4 Å². The van der Waals surface area contributed by atoms with Gasteiger partial charge in [0.25, 0.3) is 20.1 Å². The SMILES string of the molecule is CCCCC[N+]1=C(/C=C/C2=C(N(C)S(=O)(=O)c3ccc(C)cc3)C(=C/C=C3/N(CCCCS(=O)(=O)O)c4ccc5ccccc5c4C3(C)C)/c3ccccc32)C(C)(C)c2c1ccc1ccccc21. The Labute approximate surface area is 403 Å². The highest BCUT2D eigenvalue weighted by Gasteiger charge is 2.46. The van der Waals surface area contributed by atoms with Gasteiger partial charge in [0.15, 0.2) is 5.71 Å². The first kappa shape index (κ1) is 47.0. The Morgan fingerprint density at radius 1 is 0.676 bits per heavy atom. The first-order chi connectivity index (χ1) is 32.4. The van der Waals surface area contributed by atoms with Gasteiger partial charge >= 0.3 is 0 Å². The van der Waals surface area contributed by atoms with Crippen molar-refractivity contribution in [1.29, 1.82) is 0 Å². The minimum absolute atomic E-state index is 0.209. The van der Waals surface area contributed by atoms with Crippen molar-refractivity contribution in [2.24, 2.45) is 0 Å². The molecule has 2 heterocycles. The molecule has 68 heavy (non-hydrogen) atoms. The van der Waals surface area contributed by atoms with Crippen LogP contribution in [0.15, 0.2) is 162 Å². The summed E-state index contributed by atoms with van der Waals surface area (Å²) in [4.78, 5) is 2.48. The van der Waals surface area contributed by atoms with Crippen LogP contribution in [0.1, 0.15) is 94.5 Å². The number of likely N-dealkylation sites (N-methyl/N-ethyl adjacent to an activating group) is 1. The Morgan fingerprint density at radius 2 is 1.31 bits per heavy atom. The van der Waals surface area contributed by atoms with E-state index in [1.54, 1.807) is 19.2 Å². The highest BCUT2D eigenvalue weighted by molar-refractivity contribution is 7.89. The maximum Gasteiger partial charge on any atom is 0.264 e. The molecule has 1 aliphatic carbocycles. The summed E-state index contributed by atoms with van der Waals surface area (Å²) in [6, 6.07) is 41.0. The molecule has 0 radical (unpaired) electrons. The molecule has 9 rings (SSSR count). The summed E-state index contributed by atoms with van der Waals surface area (Å²) in [5.41, 5.74) is 11.0. The number of sulfonamides is 1. The van der Waals surface area contributed by atoms with Gasteiger partial charge in [0.2, 0.25) is 5.69 Å². The molecule has 0 aromatic heterocycles. The fourth-order valence-corrected chi connectivity index (χ4v) is 12.8. The molecule has 1 N–H and O–H groups in total. The van der Waals surface area contributed by atoms with E-state index in [0.29, 0.717) is 25.1 Å². The van der Waals surface area contributed by atoms with Crippen LogP contribution < -0.4 is 4.90 Å². The van der Waals surface area contributed by atoms with Crippen LogP contribution in [0.3, 0.4) is 0 Å². The first-order valence-corrected chi connectivity index (χ1v) is 26.9. The van der Waals surface area contributed by atoms with E-state index in [1.807, 2.05) is 37.3 Å². The average molecular weight is 945 g/mol. The van der Waals surface area contributed by atoms with Crippen LogP contribution in [0.5, 0.6) is 0 Å². The molecule has 10 heteroatoms. The van der Waals surface area contributed by atoms with E-state index in [0.717, 1.165) is 81.5 Å². The lowest BCUT2D eigenvalue weighted by atomic mass is 9.79. The highest BCUT2D eigenvalue weighted by Crippen LogP contribution is 2.52. The maximum absolute atomic E-state index is 15.0. The molecule has 0 atom stereocenters. The molecule has 8 nitrogen and oxygen atoms in total. The van der Waals surface area contributed by atoms with Crippen molar-refractivity contribution in [3.05, 3.63) is 185 Å². The minimum Gasteiger partial charge on any atom is -0.344 e. The number of rotatable bonds is 15. The zero-order valence-electron chi connectivity index (χ0n) is 40.3. The van der Waals surface area contributed by atoms with Gasteiger partial charge in [0.1, 0.15) is 6.54 Å². The van der Waals surface area contributed by atoms with Crippen molar-refractivity contribution in [2.45, 2.75) is 89.4 Å². The summed E-state index contributed by atoms with van der Waals surface area (Å²) < 4.78 is 67.0. The largest absolute Gasteiger partial charge is 0.344 e. The second-order valence-corrected chi connectivity index (χ2v) is 23.1. The number of hydrogen-bond acceptors (Lipinski definition) is 5. The summed E-state index contributed by atoms with van der Waals surface area (Å²) in [5, 5.41) is 4.72. The van der Waals surface area contributed by atoms with Crippen molar-refractivity contribution < 1.29 is 26.0 Å². The molecular formula is C58H62N3O5S2+. The van der Waals surface area contributed by atoms with Gasteiger partial charge in [-0.25, -0.2) is 8.42 Å². The Hall–Kier alpha value is -6.07. The molecule has 0 amide bonds. The van der Waals surface area contributed by atoms with Crippen molar-refractivity contribution in [3.63, 3.8) is 0 Å². The summed E-state index contributed by atoms with van der Waals surface area (Å²) in [5.74, 6) is -0.309. The molecule has 3 aliphatic rings. The van der Waals surface area contributed by atoms with E-state index >= 15 is 0 Å². The molecule has 0 saturated heterocycles. The van der Waals surface area contributed by atoms with Crippen LogP contribution in [0.4, 0.5) is 11.4 Å². The number of benzene rings is 6. The van der Waals surface area contributed by atoms with E-state index in [1.165, 1.54) is 31.9 Å². The third-order valence-electron chi connectivity index (χ3n) is 14.4. The van der Waals surface area contributed by atoms with Crippen LogP contribution in [0.2, 0.25) is 0 Å². The number of unbranched alkanes of at least 4 members (excludes halogenated alkanes) is 3. The molecule has 0 unspecified atom stereocenters.